The van der Waals surface area contributed by atoms with Gasteiger partial charge >= 0.3 is 0 Å². The van der Waals surface area contributed by atoms with Gasteiger partial charge in [-0.15, -0.1) is 0 Å². The standard InChI is InChI=1S/C19H19FN2O3S/c1-12-7-13(2)18-15(8-12)9-16(19(23)22-18)10-21-26(24,25)11-14-3-5-17(20)6-4-14/h3-9,21H,10-11H2,1-2H3,(H,22,23). The average molecular weight is 374 g/mol. The molecule has 1 aromatic heterocycles. The number of nitrogens with one attached hydrogen (secondary N) is 2. The fourth-order valence-corrected chi connectivity index (χ4v) is 4.01. The third kappa shape index (κ3) is 4.17. The number of hydrogen-bond donors (Lipinski definition) is 2. The highest BCUT2D eigenvalue weighted by Crippen LogP contribution is 2.18. The van der Waals surface area contributed by atoms with Crippen LogP contribution in [-0.4, -0.2) is 13.4 Å². The van der Waals surface area contributed by atoms with E-state index in [0.717, 1.165) is 22.0 Å². The molecule has 0 aliphatic rings. The van der Waals surface area contributed by atoms with E-state index in [1.54, 1.807) is 6.07 Å². The second-order valence-corrected chi connectivity index (χ2v) is 8.18. The summed E-state index contributed by atoms with van der Waals surface area (Å²) < 4.78 is 39.8. The second-order valence-electron chi connectivity index (χ2n) is 6.38. The summed E-state index contributed by atoms with van der Waals surface area (Å²) in [6, 6.07) is 10.9. The van der Waals surface area contributed by atoms with Crippen molar-refractivity contribution in [1.29, 1.82) is 0 Å². The van der Waals surface area contributed by atoms with Gasteiger partial charge in [0.25, 0.3) is 5.56 Å². The summed E-state index contributed by atoms with van der Waals surface area (Å²) in [6.07, 6.45) is 0. The molecule has 0 aliphatic carbocycles. The van der Waals surface area contributed by atoms with Crippen molar-refractivity contribution in [3.05, 3.63) is 80.9 Å². The number of H-pyrrole nitrogens is 1. The molecule has 0 bridgehead atoms. The number of aromatic nitrogens is 1. The normalized spacial score (nSPS) is 11.8. The molecule has 0 aliphatic heterocycles. The van der Waals surface area contributed by atoms with Crippen LogP contribution in [0.15, 0.2) is 47.3 Å². The van der Waals surface area contributed by atoms with Crippen molar-refractivity contribution in [1.82, 2.24) is 9.71 Å². The summed E-state index contributed by atoms with van der Waals surface area (Å²) in [5.41, 5.74) is 3.25. The molecule has 2 aromatic carbocycles. The maximum absolute atomic E-state index is 12.9. The number of halogens is 1. The molecule has 0 atom stereocenters. The van der Waals surface area contributed by atoms with Gasteiger partial charge in [-0.1, -0.05) is 23.8 Å². The van der Waals surface area contributed by atoms with Crippen molar-refractivity contribution in [2.45, 2.75) is 26.1 Å². The molecule has 5 nitrogen and oxygen atoms in total. The molecular weight excluding hydrogens is 355 g/mol. The molecule has 0 radical (unpaired) electrons. The number of aryl methyl sites for hydroxylation is 2. The highest BCUT2D eigenvalue weighted by atomic mass is 32.2. The van der Waals surface area contributed by atoms with Gasteiger partial charge in [0.1, 0.15) is 5.82 Å². The summed E-state index contributed by atoms with van der Waals surface area (Å²) in [7, 11) is -3.66. The van der Waals surface area contributed by atoms with Crippen molar-refractivity contribution in [2.24, 2.45) is 0 Å². The molecule has 7 heteroatoms. The lowest BCUT2D eigenvalue weighted by atomic mass is 10.1. The zero-order valence-electron chi connectivity index (χ0n) is 14.5. The van der Waals surface area contributed by atoms with Crippen LogP contribution < -0.4 is 10.3 Å². The van der Waals surface area contributed by atoms with Gasteiger partial charge in [0.05, 0.1) is 11.3 Å². The second kappa shape index (κ2) is 7.01. The predicted octanol–water partition coefficient (Wildman–Crippen LogP) is 2.90. The van der Waals surface area contributed by atoms with Crippen LogP contribution in [0.2, 0.25) is 0 Å². The summed E-state index contributed by atoms with van der Waals surface area (Å²) in [5.74, 6) is -0.704. The molecule has 0 amide bonds. The summed E-state index contributed by atoms with van der Waals surface area (Å²) >= 11 is 0. The number of rotatable bonds is 5. The largest absolute Gasteiger partial charge is 0.321 e. The Balaban J connectivity index is 1.81. The molecule has 0 unspecified atom stereocenters. The Morgan fingerprint density at radius 3 is 2.46 bits per heavy atom. The molecule has 2 N–H and O–H groups in total. The molecule has 136 valence electrons. The van der Waals surface area contributed by atoms with Crippen molar-refractivity contribution < 1.29 is 12.8 Å². The Morgan fingerprint density at radius 2 is 1.77 bits per heavy atom. The Bertz CT molecular complexity index is 1120. The lowest BCUT2D eigenvalue weighted by Crippen LogP contribution is -2.28. The average Bonchev–Trinajstić information content (AvgIpc) is 2.56. The van der Waals surface area contributed by atoms with Gasteiger partial charge in [-0.2, -0.15) is 0 Å². The first-order chi connectivity index (χ1) is 12.2. The predicted molar refractivity (Wildman–Crippen MR) is 99.9 cm³/mol. The third-order valence-corrected chi connectivity index (χ3v) is 5.42. The maximum Gasteiger partial charge on any atom is 0.252 e. The minimum atomic E-state index is -3.66. The van der Waals surface area contributed by atoms with E-state index in [-0.39, 0.29) is 17.9 Å². The molecule has 0 fully saturated rings. The van der Waals surface area contributed by atoms with Gasteiger partial charge in [0, 0.05) is 12.1 Å². The van der Waals surface area contributed by atoms with E-state index < -0.39 is 15.8 Å². The van der Waals surface area contributed by atoms with Crippen LogP contribution >= 0.6 is 0 Å². The van der Waals surface area contributed by atoms with Gasteiger partial charge in [-0.25, -0.2) is 17.5 Å². The lowest BCUT2D eigenvalue weighted by molar-refractivity contribution is 0.580. The fourth-order valence-electron chi connectivity index (χ4n) is 2.90. The molecule has 3 aromatic rings. The van der Waals surface area contributed by atoms with E-state index in [2.05, 4.69) is 9.71 Å². The highest BCUT2D eigenvalue weighted by molar-refractivity contribution is 7.88. The van der Waals surface area contributed by atoms with Gasteiger partial charge in [0.2, 0.25) is 10.0 Å². The van der Waals surface area contributed by atoms with Gasteiger partial charge < -0.3 is 4.98 Å². The Kier molecular flexibility index (Phi) is 4.93. The van der Waals surface area contributed by atoms with E-state index in [1.807, 2.05) is 26.0 Å². The molecule has 0 saturated carbocycles. The van der Waals surface area contributed by atoms with Crippen LogP contribution in [0.5, 0.6) is 0 Å². The SMILES string of the molecule is Cc1cc(C)c2[nH]c(=O)c(CNS(=O)(=O)Cc3ccc(F)cc3)cc2c1. The van der Waals surface area contributed by atoms with Crippen LogP contribution in [0.4, 0.5) is 4.39 Å². The van der Waals surface area contributed by atoms with Gasteiger partial charge in [-0.3, -0.25) is 4.79 Å². The van der Waals surface area contributed by atoms with E-state index in [4.69, 9.17) is 0 Å². The van der Waals surface area contributed by atoms with E-state index in [0.29, 0.717) is 11.1 Å². The number of hydrogen-bond acceptors (Lipinski definition) is 3. The van der Waals surface area contributed by atoms with Crippen LogP contribution in [0.3, 0.4) is 0 Å². The van der Waals surface area contributed by atoms with E-state index in [1.165, 1.54) is 24.3 Å². The Labute approximate surface area is 150 Å². The van der Waals surface area contributed by atoms with E-state index >= 15 is 0 Å². The smallest absolute Gasteiger partial charge is 0.252 e. The first-order valence-electron chi connectivity index (χ1n) is 8.08. The first-order valence-corrected chi connectivity index (χ1v) is 9.74. The molecule has 3 rings (SSSR count). The molecular formula is C19H19FN2O3S. The highest BCUT2D eigenvalue weighted by Gasteiger charge is 2.13. The van der Waals surface area contributed by atoms with Crippen LogP contribution in [-0.2, 0) is 22.3 Å². The minimum absolute atomic E-state index is 0.109. The number of aromatic amines is 1. The number of benzene rings is 2. The lowest BCUT2D eigenvalue weighted by Gasteiger charge is -2.09. The van der Waals surface area contributed by atoms with Crippen molar-refractivity contribution >= 4 is 20.9 Å². The Hall–Kier alpha value is -2.51. The zero-order valence-corrected chi connectivity index (χ0v) is 15.3. The van der Waals surface area contributed by atoms with Crippen LogP contribution in [0.1, 0.15) is 22.3 Å². The molecule has 0 spiro atoms. The quantitative estimate of drug-likeness (QED) is 0.721. The van der Waals surface area contributed by atoms with Crippen LogP contribution in [0.25, 0.3) is 10.9 Å². The van der Waals surface area contributed by atoms with Crippen LogP contribution in [0, 0.1) is 19.7 Å². The maximum atomic E-state index is 12.9. The first kappa shape index (κ1) is 18.3. The number of sulfonamides is 1. The molecule has 26 heavy (non-hydrogen) atoms. The van der Waals surface area contributed by atoms with Crippen molar-refractivity contribution in [3.8, 4) is 0 Å². The topological polar surface area (TPSA) is 79.0 Å². The third-order valence-electron chi connectivity index (χ3n) is 4.12. The van der Waals surface area contributed by atoms with Crippen molar-refractivity contribution in [3.63, 3.8) is 0 Å². The zero-order chi connectivity index (χ0) is 18.9. The minimum Gasteiger partial charge on any atom is -0.321 e. The number of pyridine rings is 1. The Morgan fingerprint density at radius 1 is 1.08 bits per heavy atom. The summed E-state index contributed by atoms with van der Waals surface area (Å²) in [5, 5.41) is 0.856. The van der Waals surface area contributed by atoms with Gasteiger partial charge in [-0.05, 0) is 54.6 Å². The molecule has 0 saturated heterocycles. The monoisotopic (exact) mass is 374 g/mol. The van der Waals surface area contributed by atoms with Gasteiger partial charge in [0.15, 0.2) is 0 Å². The molecule has 1 heterocycles. The fraction of sp³-hybridized carbons (Fsp3) is 0.211. The summed E-state index contributed by atoms with van der Waals surface area (Å²) in [4.78, 5) is 15.1. The van der Waals surface area contributed by atoms with E-state index in [9.17, 15) is 17.6 Å². The van der Waals surface area contributed by atoms with Crippen molar-refractivity contribution in [2.75, 3.05) is 0 Å². The summed E-state index contributed by atoms with van der Waals surface area (Å²) in [6.45, 7) is 3.76. The number of fused-ring (bicyclic) bond motifs is 1.